The van der Waals surface area contributed by atoms with Crippen molar-refractivity contribution in [2.24, 2.45) is 5.92 Å². The topological polar surface area (TPSA) is 53.4 Å². The van der Waals surface area contributed by atoms with Crippen LogP contribution in [-0.4, -0.2) is 29.1 Å². The van der Waals surface area contributed by atoms with Crippen LogP contribution in [0.3, 0.4) is 0 Å². The number of carbonyl (C=O) groups is 1. The van der Waals surface area contributed by atoms with Crippen LogP contribution < -0.4 is 4.90 Å². The van der Waals surface area contributed by atoms with Crippen LogP contribution in [0.2, 0.25) is 5.02 Å². The summed E-state index contributed by atoms with van der Waals surface area (Å²) in [6, 6.07) is 14.5. The molecule has 3 aromatic rings. The second kappa shape index (κ2) is 7.16. The lowest BCUT2D eigenvalue weighted by atomic mass is 9.97. The zero-order valence-corrected chi connectivity index (χ0v) is 15.3. The first-order valence-corrected chi connectivity index (χ1v) is 9.23. The third-order valence-electron chi connectivity index (χ3n) is 5.10. The van der Waals surface area contributed by atoms with Crippen LogP contribution in [0.4, 0.5) is 10.2 Å². The summed E-state index contributed by atoms with van der Waals surface area (Å²) in [5.41, 5.74) is 2.51. The summed E-state index contributed by atoms with van der Waals surface area (Å²) in [5.74, 6) is -0.555. The fraction of sp³-hybridized carbons (Fsp3) is 0.238. The number of hydrogen-bond acceptors (Lipinski definition) is 3. The molecule has 1 saturated heterocycles. The van der Waals surface area contributed by atoms with E-state index in [0.29, 0.717) is 25.9 Å². The molecule has 1 fully saturated rings. The maximum Gasteiger partial charge on any atom is 0.306 e. The third-order valence-corrected chi connectivity index (χ3v) is 5.40. The normalized spacial score (nSPS) is 15.3. The summed E-state index contributed by atoms with van der Waals surface area (Å²) < 4.78 is 13.7. The lowest BCUT2D eigenvalue weighted by Crippen LogP contribution is -2.36. The summed E-state index contributed by atoms with van der Waals surface area (Å²) in [5, 5.41) is 10.2. The predicted octanol–water partition coefficient (Wildman–Crippen LogP) is 5.00. The van der Waals surface area contributed by atoms with Gasteiger partial charge in [-0.05, 0) is 60.4 Å². The molecule has 1 aromatic heterocycles. The molecule has 27 heavy (non-hydrogen) atoms. The molecular weight excluding hydrogens is 367 g/mol. The van der Waals surface area contributed by atoms with E-state index in [-0.39, 0.29) is 10.9 Å². The van der Waals surface area contributed by atoms with Crippen LogP contribution in [0.25, 0.3) is 22.0 Å². The van der Waals surface area contributed by atoms with Gasteiger partial charge in [0.25, 0.3) is 0 Å². The molecule has 0 radical (unpaired) electrons. The van der Waals surface area contributed by atoms with Gasteiger partial charge in [0.15, 0.2) is 0 Å². The molecule has 0 amide bonds. The number of rotatable bonds is 3. The molecule has 6 heteroatoms. The number of aromatic nitrogens is 1. The largest absolute Gasteiger partial charge is 0.481 e. The van der Waals surface area contributed by atoms with E-state index in [4.69, 9.17) is 21.7 Å². The monoisotopic (exact) mass is 384 g/mol. The van der Waals surface area contributed by atoms with Crippen molar-refractivity contribution >= 4 is 34.3 Å². The van der Waals surface area contributed by atoms with Crippen LogP contribution in [0.15, 0.2) is 48.5 Å². The van der Waals surface area contributed by atoms with Crippen molar-refractivity contribution in [3.8, 4) is 11.1 Å². The summed E-state index contributed by atoms with van der Waals surface area (Å²) in [4.78, 5) is 17.9. The Labute approximate surface area is 161 Å². The van der Waals surface area contributed by atoms with Crippen LogP contribution in [0.1, 0.15) is 12.8 Å². The number of carboxylic acid groups (broad SMARTS) is 1. The number of carboxylic acids is 1. The minimum absolute atomic E-state index is 0.109. The molecule has 4 rings (SSSR count). The van der Waals surface area contributed by atoms with Crippen LogP contribution >= 0.6 is 11.6 Å². The van der Waals surface area contributed by atoms with Gasteiger partial charge in [0, 0.05) is 18.5 Å². The van der Waals surface area contributed by atoms with Crippen LogP contribution in [-0.2, 0) is 4.79 Å². The minimum Gasteiger partial charge on any atom is -0.481 e. The smallest absolute Gasteiger partial charge is 0.306 e. The van der Waals surface area contributed by atoms with Crippen molar-refractivity contribution in [1.82, 2.24) is 4.98 Å². The molecule has 2 aromatic carbocycles. The second-order valence-corrected chi connectivity index (χ2v) is 7.21. The lowest BCUT2D eigenvalue weighted by Gasteiger charge is -2.31. The molecule has 0 bridgehead atoms. The molecule has 0 unspecified atom stereocenters. The molecule has 0 atom stereocenters. The van der Waals surface area contributed by atoms with E-state index < -0.39 is 11.8 Å². The Morgan fingerprint density at radius 3 is 2.48 bits per heavy atom. The van der Waals surface area contributed by atoms with Crippen molar-refractivity contribution in [3.05, 3.63) is 59.4 Å². The second-order valence-electron chi connectivity index (χ2n) is 6.81. The number of pyridine rings is 1. The van der Waals surface area contributed by atoms with E-state index in [1.165, 1.54) is 6.07 Å². The number of piperidine rings is 1. The van der Waals surface area contributed by atoms with E-state index in [1.54, 1.807) is 12.1 Å². The average molecular weight is 385 g/mol. The number of anilines is 1. The number of hydrogen-bond donors (Lipinski definition) is 1. The third kappa shape index (κ3) is 3.60. The molecule has 2 heterocycles. The maximum atomic E-state index is 13.7. The van der Waals surface area contributed by atoms with Crippen molar-refractivity contribution in [1.29, 1.82) is 0 Å². The molecule has 138 valence electrons. The quantitative estimate of drug-likeness (QED) is 0.690. The number of nitrogens with zero attached hydrogens (tertiary/aromatic N) is 2. The highest BCUT2D eigenvalue weighted by atomic mass is 35.5. The first-order chi connectivity index (χ1) is 13.0. The molecule has 1 aliphatic rings. The summed E-state index contributed by atoms with van der Waals surface area (Å²) in [6.07, 6.45) is 1.27. The van der Waals surface area contributed by atoms with Crippen LogP contribution in [0, 0.1) is 11.7 Å². The van der Waals surface area contributed by atoms with E-state index in [2.05, 4.69) is 4.90 Å². The Morgan fingerprint density at radius 1 is 1.07 bits per heavy atom. The Kier molecular flexibility index (Phi) is 4.70. The molecular formula is C21H18ClFN2O2. The molecule has 4 nitrogen and oxygen atoms in total. The predicted molar refractivity (Wildman–Crippen MR) is 105 cm³/mol. The van der Waals surface area contributed by atoms with Gasteiger partial charge < -0.3 is 10.0 Å². The number of benzene rings is 2. The van der Waals surface area contributed by atoms with Gasteiger partial charge in [-0.2, -0.15) is 0 Å². The van der Waals surface area contributed by atoms with Gasteiger partial charge in [0.1, 0.15) is 11.6 Å². The Morgan fingerprint density at radius 2 is 1.78 bits per heavy atom. The fourth-order valence-corrected chi connectivity index (χ4v) is 3.62. The van der Waals surface area contributed by atoms with Gasteiger partial charge in [-0.3, -0.25) is 4.79 Å². The maximum absolute atomic E-state index is 13.7. The Bertz CT molecular complexity index is 1020. The number of fused-ring (bicyclic) bond motifs is 1. The van der Waals surface area contributed by atoms with Crippen molar-refractivity contribution in [3.63, 3.8) is 0 Å². The first-order valence-electron chi connectivity index (χ1n) is 8.85. The SMILES string of the molecule is O=C(O)C1CCN(c2ccc3cc(-c4ccc(Cl)c(F)c4)ccc3n2)CC1. The highest BCUT2D eigenvalue weighted by Gasteiger charge is 2.25. The van der Waals surface area contributed by atoms with Gasteiger partial charge in [0.05, 0.1) is 16.5 Å². The number of aliphatic carboxylic acids is 1. The molecule has 0 spiro atoms. The minimum atomic E-state index is -0.715. The highest BCUT2D eigenvalue weighted by Crippen LogP contribution is 2.29. The lowest BCUT2D eigenvalue weighted by molar-refractivity contribution is -0.142. The zero-order chi connectivity index (χ0) is 19.0. The Balaban J connectivity index is 1.59. The van der Waals surface area contributed by atoms with Gasteiger partial charge in [-0.25, -0.2) is 9.37 Å². The average Bonchev–Trinajstić information content (AvgIpc) is 2.69. The van der Waals surface area contributed by atoms with Gasteiger partial charge in [0.2, 0.25) is 0 Å². The Hall–Kier alpha value is -2.66. The van der Waals surface area contributed by atoms with Crippen molar-refractivity contribution < 1.29 is 14.3 Å². The van der Waals surface area contributed by atoms with Gasteiger partial charge in [-0.15, -0.1) is 0 Å². The zero-order valence-electron chi connectivity index (χ0n) is 14.5. The first kappa shape index (κ1) is 17.7. The van der Waals surface area contributed by atoms with E-state index >= 15 is 0 Å². The van der Waals surface area contributed by atoms with Gasteiger partial charge >= 0.3 is 5.97 Å². The van der Waals surface area contributed by atoms with E-state index in [9.17, 15) is 9.18 Å². The van der Waals surface area contributed by atoms with Crippen molar-refractivity contribution in [2.75, 3.05) is 18.0 Å². The van der Waals surface area contributed by atoms with E-state index in [0.717, 1.165) is 27.8 Å². The highest BCUT2D eigenvalue weighted by molar-refractivity contribution is 6.30. The van der Waals surface area contributed by atoms with Gasteiger partial charge in [-0.1, -0.05) is 23.7 Å². The summed E-state index contributed by atoms with van der Waals surface area (Å²) in [6.45, 7) is 1.38. The molecule has 1 N–H and O–H groups in total. The van der Waals surface area contributed by atoms with E-state index in [1.807, 2.05) is 30.3 Å². The summed E-state index contributed by atoms with van der Waals surface area (Å²) >= 11 is 5.76. The molecule has 0 aliphatic carbocycles. The summed E-state index contributed by atoms with van der Waals surface area (Å²) in [7, 11) is 0. The van der Waals surface area contributed by atoms with Crippen LogP contribution in [0.5, 0.6) is 0 Å². The standard InChI is InChI=1S/C21H18ClFN2O2/c22-17-4-1-15(12-18(17)23)14-2-5-19-16(11-14)3-6-20(24-19)25-9-7-13(8-10-25)21(26)27/h1-6,11-13H,7-10H2,(H,26,27). The number of halogens is 2. The fourth-order valence-electron chi connectivity index (χ4n) is 3.50. The molecule has 1 aliphatic heterocycles. The van der Waals surface area contributed by atoms with Crippen molar-refractivity contribution in [2.45, 2.75) is 12.8 Å². The molecule has 0 saturated carbocycles.